The number of nitrogens with one attached hydrogen (secondary N) is 1. The number of carbonyl (C=O) groups excluding carboxylic acids is 2. The molecule has 162 valence electrons. The molecule has 0 saturated carbocycles. The van der Waals surface area contributed by atoms with Crippen LogP contribution < -0.4 is 14.8 Å². The van der Waals surface area contributed by atoms with Crippen molar-refractivity contribution in [1.82, 2.24) is 4.57 Å². The summed E-state index contributed by atoms with van der Waals surface area (Å²) in [5.74, 6) is -0.426. The summed E-state index contributed by atoms with van der Waals surface area (Å²) >= 11 is 6.33. The summed E-state index contributed by atoms with van der Waals surface area (Å²) in [5, 5.41) is 3.02. The Morgan fingerprint density at radius 2 is 1.48 bits per heavy atom. The Bertz CT molecular complexity index is 1130. The molecule has 0 aliphatic carbocycles. The Kier molecular flexibility index (Phi) is 6.56. The number of hydrogen-bond acceptors (Lipinski definition) is 5. The van der Waals surface area contributed by atoms with Gasteiger partial charge in [-0.25, -0.2) is 4.79 Å². The number of nitrogens with zero attached hydrogens (tertiary/aromatic N) is 1. The van der Waals surface area contributed by atoms with Crippen LogP contribution in [-0.2, 0) is 4.74 Å². The predicted molar refractivity (Wildman–Crippen MR) is 119 cm³/mol. The largest absolute Gasteiger partial charge is 0.493 e. The fraction of sp³-hybridized carbons (Fsp3) is 0.217. The zero-order valence-electron chi connectivity index (χ0n) is 17.9. The van der Waals surface area contributed by atoms with Crippen molar-refractivity contribution in [2.45, 2.75) is 13.8 Å². The number of anilines is 1. The zero-order valence-corrected chi connectivity index (χ0v) is 18.7. The van der Waals surface area contributed by atoms with Gasteiger partial charge in [0.1, 0.15) is 0 Å². The highest BCUT2D eigenvalue weighted by molar-refractivity contribution is 6.34. The van der Waals surface area contributed by atoms with E-state index in [1.54, 1.807) is 12.1 Å². The third kappa shape index (κ3) is 4.36. The van der Waals surface area contributed by atoms with E-state index in [-0.39, 0.29) is 21.8 Å². The number of hydrogen-bond donors (Lipinski definition) is 1. The lowest BCUT2D eigenvalue weighted by Crippen LogP contribution is -2.17. The van der Waals surface area contributed by atoms with Gasteiger partial charge < -0.3 is 24.1 Å². The smallest absolute Gasteiger partial charge is 0.340 e. The summed E-state index contributed by atoms with van der Waals surface area (Å²) in [6, 6.07) is 12.2. The molecule has 1 N–H and O–H groups in total. The first-order valence-corrected chi connectivity index (χ1v) is 9.79. The van der Waals surface area contributed by atoms with Crippen LogP contribution in [0.4, 0.5) is 5.69 Å². The minimum absolute atomic E-state index is 0.123. The fourth-order valence-corrected chi connectivity index (χ4v) is 3.56. The van der Waals surface area contributed by atoms with Gasteiger partial charge >= 0.3 is 5.97 Å². The van der Waals surface area contributed by atoms with E-state index in [0.29, 0.717) is 11.5 Å². The first-order chi connectivity index (χ1) is 14.8. The number of halogens is 1. The Hall–Kier alpha value is -3.45. The second-order valence-corrected chi connectivity index (χ2v) is 7.22. The number of amides is 1. The third-order valence-corrected chi connectivity index (χ3v) is 5.23. The van der Waals surface area contributed by atoms with Crippen molar-refractivity contribution >= 4 is 29.2 Å². The minimum atomic E-state index is -0.630. The highest BCUT2D eigenvalue weighted by Gasteiger charge is 2.21. The molecule has 0 unspecified atom stereocenters. The molecule has 0 radical (unpaired) electrons. The number of carbonyl (C=O) groups is 2. The van der Waals surface area contributed by atoms with Crippen LogP contribution in [0.5, 0.6) is 11.5 Å². The van der Waals surface area contributed by atoms with Gasteiger partial charge in [0.2, 0.25) is 0 Å². The summed E-state index contributed by atoms with van der Waals surface area (Å²) in [6.07, 6.45) is 0. The van der Waals surface area contributed by atoms with Crippen LogP contribution in [0.3, 0.4) is 0 Å². The van der Waals surface area contributed by atoms with Crippen molar-refractivity contribution in [3.63, 3.8) is 0 Å². The Labute approximate surface area is 185 Å². The van der Waals surface area contributed by atoms with Crippen molar-refractivity contribution in [3.05, 3.63) is 70.0 Å². The van der Waals surface area contributed by atoms with Gasteiger partial charge in [0.15, 0.2) is 11.5 Å². The van der Waals surface area contributed by atoms with E-state index in [9.17, 15) is 9.59 Å². The molecule has 0 aliphatic rings. The van der Waals surface area contributed by atoms with Gasteiger partial charge in [-0.3, -0.25) is 4.79 Å². The maximum atomic E-state index is 13.1. The lowest BCUT2D eigenvalue weighted by atomic mass is 10.1. The third-order valence-electron chi connectivity index (χ3n) is 4.90. The molecule has 7 nitrogen and oxygen atoms in total. The molecule has 1 amide bonds. The molecule has 1 aromatic heterocycles. The molecule has 0 bridgehead atoms. The molecule has 31 heavy (non-hydrogen) atoms. The summed E-state index contributed by atoms with van der Waals surface area (Å²) in [6.45, 7) is 3.96. The van der Waals surface area contributed by atoms with Gasteiger partial charge in [-0.15, -0.1) is 0 Å². The van der Waals surface area contributed by atoms with E-state index in [4.69, 9.17) is 25.8 Å². The molecular formula is C23H23ClN2O5. The van der Waals surface area contributed by atoms with Gasteiger partial charge in [0, 0.05) is 29.2 Å². The van der Waals surface area contributed by atoms with Crippen LogP contribution in [0, 0.1) is 13.8 Å². The molecule has 0 saturated heterocycles. The number of methoxy groups -OCH3 is 3. The molecule has 0 fully saturated rings. The molecule has 0 aliphatic heterocycles. The van der Waals surface area contributed by atoms with Gasteiger partial charge in [-0.2, -0.15) is 0 Å². The molecule has 1 heterocycles. The van der Waals surface area contributed by atoms with Crippen molar-refractivity contribution < 1.29 is 23.8 Å². The van der Waals surface area contributed by atoms with E-state index < -0.39 is 11.9 Å². The van der Waals surface area contributed by atoms with Crippen LogP contribution in [0.15, 0.2) is 42.5 Å². The second kappa shape index (κ2) is 9.14. The van der Waals surface area contributed by atoms with E-state index in [1.165, 1.54) is 33.5 Å². The quantitative estimate of drug-likeness (QED) is 0.554. The fourth-order valence-electron chi connectivity index (χ4n) is 3.35. The molecule has 0 atom stereocenters. The van der Waals surface area contributed by atoms with Crippen LogP contribution in [0.2, 0.25) is 5.02 Å². The second-order valence-electron chi connectivity index (χ2n) is 6.81. The number of esters is 1. The van der Waals surface area contributed by atoms with E-state index in [1.807, 2.05) is 36.6 Å². The minimum Gasteiger partial charge on any atom is -0.493 e. The first-order valence-electron chi connectivity index (χ1n) is 9.41. The maximum absolute atomic E-state index is 13.1. The highest BCUT2D eigenvalue weighted by atomic mass is 35.5. The lowest BCUT2D eigenvalue weighted by Gasteiger charge is -2.16. The molecular weight excluding hydrogens is 420 g/mol. The predicted octanol–water partition coefficient (Wildman–Crippen LogP) is 4.80. The average molecular weight is 443 g/mol. The van der Waals surface area contributed by atoms with E-state index in [2.05, 4.69) is 5.32 Å². The topological polar surface area (TPSA) is 78.8 Å². The highest BCUT2D eigenvalue weighted by Crippen LogP contribution is 2.34. The molecule has 0 spiro atoms. The Morgan fingerprint density at radius 1 is 0.871 bits per heavy atom. The standard InChI is InChI=1S/C23H23ClN2O5/c1-13-6-7-14(2)26(13)15-8-9-18(24)16(10-15)22(27)25-19-12-21(30-4)20(29-3)11-17(19)23(28)31-5/h6-12H,1-5H3,(H,25,27). The number of ether oxygens (including phenoxy) is 3. The van der Waals surface area contributed by atoms with E-state index >= 15 is 0 Å². The van der Waals surface area contributed by atoms with Crippen molar-refractivity contribution in [1.29, 1.82) is 0 Å². The van der Waals surface area contributed by atoms with Crippen LogP contribution in [0.1, 0.15) is 32.1 Å². The van der Waals surface area contributed by atoms with E-state index in [0.717, 1.165) is 17.1 Å². The van der Waals surface area contributed by atoms with Crippen LogP contribution in [0.25, 0.3) is 5.69 Å². The number of aromatic nitrogens is 1. The number of benzene rings is 2. The monoisotopic (exact) mass is 442 g/mol. The summed E-state index contributed by atoms with van der Waals surface area (Å²) < 4.78 is 17.4. The van der Waals surface area contributed by atoms with Crippen molar-refractivity contribution in [2.24, 2.45) is 0 Å². The molecule has 3 rings (SSSR count). The molecule has 8 heteroatoms. The number of rotatable bonds is 6. The van der Waals surface area contributed by atoms with Crippen LogP contribution in [-0.4, -0.2) is 37.8 Å². The van der Waals surface area contributed by atoms with Gasteiger partial charge in [0.25, 0.3) is 5.91 Å². The molecule has 2 aromatic carbocycles. The van der Waals surface area contributed by atoms with Gasteiger partial charge in [0.05, 0.1) is 43.2 Å². The van der Waals surface area contributed by atoms with Crippen molar-refractivity contribution in [3.8, 4) is 17.2 Å². The van der Waals surface area contributed by atoms with Gasteiger partial charge in [-0.05, 0) is 44.2 Å². The van der Waals surface area contributed by atoms with Gasteiger partial charge in [-0.1, -0.05) is 11.6 Å². The molecule has 3 aromatic rings. The summed E-state index contributed by atoms with van der Waals surface area (Å²) in [7, 11) is 4.17. The lowest BCUT2D eigenvalue weighted by molar-refractivity contribution is 0.0601. The normalized spacial score (nSPS) is 10.5. The average Bonchev–Trinajstić information content (AvgIpc) is 3.11. The Morgan fingerprint density at radius 3 is 2.06 bits per heavy atom. The first kappa shape index (κ1) is 22.2. The maximum Gasteiger partial charge on any atom is 0.340 e. The summed E-state index contributed by atoms with van der Waals surface area (Å²) in [5.41, 5.74) is 3.45. The zero-order chi connectivity index (χ0) is 22.7. The van der Waals surface area contributed by atoms with Crippen molar-refractivity contribution in [2.75, 3.05) is 26.6 Å². The van der Waals surface area contributed by atoms with Crippen LogP contribution >= 0.6 is 11.6 Å². The summed E-state index contributed by atoms with van der Waals surface area (Å²) in [4.78, 5) is 25.4. The SMILES string of the molecule is COC(=O)c1cc(OC)c(OC)cc1NC(=O)c1cc(-n2c(C)ccc2C)ccc1Cl. The number of aryl methyl sites for hydroxylation is 2. The Balaban J connectivity index is 2.04.